The number of benzene rings is 1. The smallest absolute Gasteiger partial charge is 0.315 e. The molecule has 1 rings (SSSR count). The molecule has 0 saturated carbocycles. The van der Waals surface area contributed by atoms with E-state index in [-0.39, 0.29) is 24.5 Å². The van der Waals surface area contributed by atoms with Gasteiger partial charge in [-0.25, -0.2) is 9.18 Å². The van der Waals surface area contributed by atoms with Crippen molar-refractivity contribution < 1.29 is 14.3 Å². The first-order valence-electron chi connectivity index (χ1n) is 6.05. The first-order valence-corrected chi connectivity index (χ1v) is 6.05. The number of aliphatic hydroxyl groups is 1. The number of hydrogen-bond donors (Lipinski definition) is 3. The van der Waals surface area contributed by atoms with Crippen LogP contribution in [0.15, 0.2) is 24.3 Å². The van der Waals surface area contributed by atoms with Crippen LogP contribution in [0.5, 0.6) is 0 Å². The first kappa shape index (κ1) is 14.4. The van der Waals surface area contributed by atoms with E-state index in [0.29, 0.717) is 19.4 Å². The van der Waals surface area contributed by atoms with Crippen molar-refractivity contribution in [2.24, 2.45) is 0 Å². The van der Waals surface area contributed by atoms with Crippen molar-refractivity contribution in [2.45, 2.75) is 25.8 Å². The maximum absolute atomic E-state index is 12.7. The Morgan fingerprint density at radius 2 is 2.06 bits per heavy atom. The molecule has 2 amide bonds. The van der Waals surface area contributed by atoms with Crippen molar-refractivity contribution in [1.29, 1.82) is 0 Å². The second kappa shape index (κ2) is 7.66. The zero-order valence-corrected chi connectivity index (χ0v) is 10.4. The zero-order valence-electron chi connectivity index (χ0n) is 10.4. The maximum Gasteiger partial charge on any atom is 0.315 e. The standard InChI is InChI=1S/C13H19FN2O2/c1-2-12(9-17)16-13(18)15-8-7-10-3-5-11(14)6-4-10/h3-6,12,17H,2,7-9H2,1H3,(H2,15,16,18)/t12-/m1/s1. The number of nitrogens with one attached hydrogen (secondary N) is 2. The Kier molecular flexibility index (Phi) is 6.14. The molecule has 0 unspecified atom stereocenters. The fourth-order valence-corrected chi connectivity index (χ4v) is 1.48. The van der Waals surface area contributed by atoms with Crippen LogP contribution in [0.1, 0.15) is 18.9 Å². The third-order valence-corrected chi connectivity index (χ3v) is 2.66. The topological polar surface area (TPSA) is 61.4 Å². The first-order chi connectivity index (χ1) is 8.65. The molecule has 0 heterocycles. The number of carbonyl (C=O) groups is 1. The minimum absolute atomic E-state index is 0.0676. The quantitative estimate of drug-likeness (QED) is 0.719. The number of hydrogen-bond acceptors (Lipinski definition) is 2. The molecular formula is C13H19FN2O2. The molecule has 4 nitrogen and oxygen atoms in total. The van der Waals surface area contributed by atoms with E-state index in [1.54, 1.807) is 12.1 Å². The van der Waals surface area contributed by atoms with Crippen molar-refractivity contribution in [3.8, 4) is 0 Å². The van der Waals surface area contributed by atoms with Crippen LogP contribution in [-0.2, 0) is 6.42 Å². The van der Waals surface area contributed by atoms with Crippen LogP contribution in [0.2, 0.25) is 0 Å². The number of carbonyl (C=O) groups excluding carboxylic acids is 1. The van der Waals surface area contributed by atoms with Gasteiger partial charge in [0.15, 0.2) is 0 Å². The van der Waals surface area contributed by atoms with Crippen LogP contribution in [0, 0.1) is 5.82 Å². The molecule has 18 heavy (non-hydrogen) atoms. The van der Waals surface area contributed by atoms with E-state index >= 15 is 0 Å². The van der Waals surface area contributed by atoms with E-state index in [2.05, 4.69) is 10.6 Å². The summed E-state index contributed by atoms with van der Waals surface area (Å²) >= 11 is 0. The Morgan fingerprint density at radius 1 is 1.39 bits per heavy atom. The molecule has 0 bridgehead atoms. The van der Waals surface area contributed by atoms with Gasteiger partial charge in [0.2, 0.25) is 0 Å². The Hall–Kier alpha value is -1.62. The molecule has 1 atom stereocenters. The number of rotatable bonds is 6. The summed E-state index contributed by atoms with van der Waals surface area (Å²) in [5.41, 5.74) is 0.964. The van der Waals surface area contributed by atoms with Crippen LogP contribution in [0.25, 0.3) is 0 Å². The fraction of sp³-hybridized carbons (Fsp3) is 0.462. The Labute approximate surface area is 106 Å². The van der Waals surface area contributed by atoms with Gasteiger partial charge >= 0.3 is 6.03 Å². The highest BCUT2D eigenvalue weighted by atomic mass is 19.1. The van der Waals surface area contributed by atoms with E-state index in [0.717, 1.165) is 5.56 Å². The van der Waals surface area contributed by atoms with Crippen molar-refractivity contribution in [3.63, 3.8) is 0 Å². The molecule has 1 aromatic rings. The van der Waals surface area contributed by atoms with E-state index in [4.69, 9.17) is 5.11 Å². The Morgan fingerprint density at radius 3 is 2.61 bits per heavy atom. The van der Waals surface area contributed by atoms with Gasteiger partial charge in [-0.1, -0.05) is 19.1 Å². The third kappa shape index (κ3) is 5.14. The molecule has 0 aliphatic heterocycles. The summed E-state index contributed by atoms with van der Waals surface area (Å²) in [6.45, 7) is 2.29. The van der Waals surface area contributed by atoms with E-state index in [1.165, 1.54) is 12.1 Å². The monoisotopic (exact) mass is 254 g/mol. The molecule has 0 saturated heterocycles. The lowest BCUT2D eigenvalue weighted by Crippen LogP contribution is -2.44. The van der Waals surface area contributed by atoms with Crippen LogP contribution in [0.3, 0.4) is 0 Å². The summed E-state index contributed by atoms with van der Waals surface area (Å²) in [5.74, 6) is -0.266. The van der Waals surface area contributed by atoms with Gasteiger partial charge in [-0.3, -0.25) is 0 Å². The fourth-order valence-electron chi connectivity index (χ4n) is 1.48. The van der Waals surface area contributed by atoms with Crippen LogP contribution in [-0.4, -0.2) is 30.3 Å². The second-order valence-corrected chi connectivity index (χ2v) is 4.06. The third-order valence-electron chi connectivity index (χ3n) is 2.66. The van der Waals surface area contributed by atoms with E-state index in [1.807, 2.05) is 6.92 Å². The van der Waals surface area contributed by atoms with Gasteiger partial charge in [-0.2, -0.15) is 0 Å². The maximum atomic E-state index is 12.7. The molecule has 0 aliphatic carbocycles. The highest BCUT2D eigenvalue weighted by Crippen LogP contribution is 2.02. The SMILES string of the molecule is CC[C@H](CO)NC(=O)NCCc1ccc(F)cc1. The molecule has 0 aliphatic rings. The van der Waals surface area contributed by atoms with Crippen LogP contribution in [0.4, 0.5) is 9.18 Å². The summed E-state index contributed by atoms with van der Waals surface area (Å²) in [7, 11) is 0. The summed E-state index contributed by atoms with van der Waals surface area (Å²) in [5, 5.41) is 14.3. The van der Waals surface area contributed by atoms with E-state index in [9.17, 15) is 9.18 Å². The Balaban J connectivity index is 2.25. The molecule has 0 spiro atoms. The molecule has 3 N–H and O–H groups in total. The molecular weight excluding hydrogens is 235 g/mol. The highest BCUT2D eigenvalue weighted by Gasteiger charge is 2.07. The van der Waals surface area contributed by atoms with Gasteiger partial charge in [-0.15, -0.1) is 0 Å². The predicted octanol–water partition coefficient (Wildman–Crippen LogP) is 1.44. The largest absolute Gasteiger partial charge is 0.394 e. The predicted molar refractivity (Wildman–Crippen MR) is 67.8 cm³/mol. The highest BCUT2D eigenvalue weighted by molar-refractivity contribution is 5.74. The van der Waals surface area contributed by atoms with Gasteiger partial charge in [-0.05, 0) is 30.5 Å². The molecule has 1 aromatic carbocycles. The number of amides is 2. The lowest BCUT2D eigenvalue weighted by molar-refractivity contribution is 0.214. The lowest BCUT2D eigenvalue weighted by atomic mass is 10.1. The van der Waals surface area contributed by atoms with Gasteiger partial charge < -0.3 is 15.7 Å². The minimum Gasteiger partial charge on any atom is -0.394 e. The molecule has 100 valence electrons. The molecule has 5 heteroatoms. The molecule has 0 fully saturated rings. The van der Waals surface area contributed by atoms with Crippen molar-refractivity contribution in [3.05, 3.63) is 35.6 Å². The summed E-state index contributed by atoms with van der Waals surface area (Å²) in [6.07, 6.45) is 1.32. The van der Waals surface area contributed by atoms with Gasteiger partial charge in [0.05, 0.1) is 12.6 Å². The number of urea groups is 1. The van der Waals surface area contributed by atoms with Crippen LogP contribution >= 0.6 is 0 Å². The number of halogens is 1. The minimum atomic E-state index is -0.294. The van der Waals surface area contributed by atoms with Crippen molar-refractivity contribution >= 4 is 6.03 Å². The average molecular weight is 254 g/mol. The normalized spacial score (nSPS) is 11.9. The van der Waals surface area contributed by atoms with Gasteiger partial charge in [0, 0.05) is 6.54 Å². The molecule has 0 radical (unpaired) electrons. The summed E-state index contributed by atoms with van der Waals surface area (Å²) in [6, 6.07) is 5.67. The second-order valence-electron chi connectivity index (χ2n) is 4.06. The average Bonchev–Trinajstić information content (AvgIpc) is 2.38. The van der Waals surface area contributed by atoms with Gasteiger partial charge in [0.25, 0.3) is 0 Å². The van der Waals surface area contributed by atoms with Crippen molar-refractivity contribution in [2.75, 3.05) is 13.2 Å². The van der Waals surface area contributed by atoms with E-state index < -0.39 is 0 Å². The summed E-state index contributed by atoms with van der Waals surface area (Å²) in [4.78, 5) is 11.4. The van der Waals surface area contributed by atoms with Gasteiger partial charge in [0.1, 0.15) is 5.82 Å². The number of aliphatic hydroxyl groups excluding tert-OH is 1. The molecule has 0 aromatic heterocycles. The van der Waals surface area contributed by atoms with Crippen molar-refractivity contribution in [1.82, 2.24) is 10.6 Å². The Bertz CT molecular complexity index is 364. The zero-order chi connectivity index (χ0) is 13.4. The lowest BCUT2D eigenvalue weighted by Gasteiger charge is -2.14. The van der Waals surface area contributed by atoms with Crippen LogP contribution < -0.4 is 10.6 Å². The summed E-state index contributed by atoms with van der Waals surface area (Å²) < 4.78 is 12.7.